The van der Waals surface area contributed by atoms with E-state index in [1.165, 1.54) is 19.3 Å². The highest BCUT2D eigenvalue weighted by Gasteiger charge is 2.13. The van der Waals surface area contributed by atoms with Crippen molar-refractivity contribution in [3.8, 4) is 0 Å². The Morgan fingerprint density at radius 2 is 1.84 bits per heavy atom. The summed E-state index contributed by atoms with van der Waals surface area (Å²) in [6.07, 6.45) is 5.59. The second-order valence-electron chi connectivity index (χ2n) is 5.98. The SMILES string of the molecule is Cc1ccc(N)cc1C(=O)Nc1ccc(N2CCCCC2)cn1.Cl.Cl. The molecule has 136 valence electrons. The standard InChI is InChI=1S/C18H22N4O.2ClH/c1-13-5-6-14(19)11-16(13)18(23)21-17-8-7-15(12-20-17)22-9-3-2-4-10-22;;/h5-8,11-12H,2-4,9-10,19H2,1H3,(H,20,21,23);2*1H. The second-order valence-corrected chi connectivity index (χ2v) is 5.98. The number of piperidine rings is 1. The van der Waals surface area contributed by atoms with Crippen molar-refractivity contribution in [1.82, 2.24) is 4.98 Å². The number of nitrogen functional groups attached to an aromatic ring is 1. The number of carbonyl (C=O) groups is 1. The maximum absolute atomic E-state index is 12.4. The second kappa shape index (κ2) is 9.49. The van der Waals surface area contributed by atoms with Crippen LogP contribution in [0.15, 0.2) is 36.5 Å². The van der Waals surface area contributed by atoms with Crippen LogP contribution in [0.4, 0.5) is 17.2 Å². The molecule has 3 N–H and O–H groups in total. The average Bonchev–Trinajstić information content (AvgIpc) is 2.58. The molecule has 0 bridgehead atoms. The molecule has 1 aliphatic heterocycles. The zero-order valence-corrected chi connectivity index (χ0v) is 15.8. The lowest BCUT2D eigenvalue weighted by Gasteiger charge is -2.28. The number of rotatable bonds is 3. The highest BCUT2D eigenvalue weighted by molar-refractivity contribution is 6.05. The van der Waals surface area contributed by atoms with Crippen LogP contribution >= 0.6 is 24.8 Å². The molecule has 1 amide bonds. The molecule has 0 unspecified atom stereocenters. The fourth-order valence-electron chi connectivity index (χ4n) is 2.87. The Morgan fingerprint density at radius 1 is 1.12 bits per heavy atom. The van der Waals surface area contributed by atoms with E-state index in [-0.39, 0.29) is 30.7 Å². The van der Waals surface area contributed by atoms with Gasteiger partial charge < -0.3 is 16.0 Å². The van der Waals surface area contributed by atoms with Gasteiger partial charge in [0.25, 0.3) is 5.91 Å². The van der Waals surface area contributed by atoms with E-state index in [9.17, 15) is 4.79 Å². The van der Waals surface area contributed by atoms with Gasteiger partial charge in [0, 0.05) is 24.3 Å². The fourth-order valence-corrected chi connectivity index (χ4v) is 2.87. The molecule has 2 heterocycles. The molecule has 1 aromatic carbocycles. The summed E-state index contributed by atoms with van der Waals surface area (Å²) in [7, 11) is 0. The van der Waals surface area contributed by atoms with E-state index >= 15 is 0 Å². The van der Waals surface area contributed by atoms with Crippen LogP contribution in [-0.2, 0) is 0 Å². The van der Waals surface area contributed by atoms with Crippen molar-refractivity contribution in [2.45, 2.75) is 26.2 Å². The van der Waals surface area contributed by atoms with Crippen LogP contribution in [0, 0.1) is 6.92 Å². The van der Waals surface area contributed by atoms with Crippen molar-refractivity contribution in [2.24, 2.45) is 0 Å². The molecular weight excluding hydrogens is 359 g/mol. The topological polar surface area (TPSA) is 71.2 Å². The Balaban J connectivity index is 0.00000156. The number of nitrogens with zero attached hydrogens (tertiary/aromatic N) is 2. The maximum atomic E-state index is 12.4. The Labute approximate surface area is 160 Å². The molecule has 1 fully saturated rings. The van der Waals surface area contributed by atoms with Crippen molar-refractivity contribution < 1.29 is 4.79 Å². The molecule has 25 heavy (non-hydrogen) atoms. The lowest BCUT2D eigenvalue weighted by atomic mass is 10.1. The summed E-state index contributed by atoms with van der Waals surface area (Å²) in [5.74, 6) is 0.366. The van der Waals surface area contributed by atoms with Gasteiger partial charge >= 0.3 is 0 Å². The predicted octanol–water partition coefficient (Wildman–Crippen LogP) is 4.06. The normalized spacial score (nSPS) is 13.4. The van der Waals surface area contributed by atoms with Crippen LogP contribution in [0.25, 0.3) is 0 Å². The van der Waals surface area contributed by atoms with Crippen molar-refractivity contribution in [2.75, 3.05) is 29.0 Å². The third-order valence-electron chi connectivity index (χ3n) is 4.22. The molecular formula is C18H24Cl2N4O. The number of nitrogens with one attached hydrogen (secondary N) is 1. The summed E-state index contributed by atoms with van der Waals surface area (Å²) in [4.78, 5) is 19.1. The number of hydrogen-bond donors (Lipinski definition) is 2. The summed E-state index contributed by atoms with van der Waals surface area (Å²) in [5, 5.41) is 2.83. The van der Waals surface area contributed by atoms with Gasteiger partial charge in [-0.25, -0.2) is 4.98 Å². The minimum atomic E-state index is -0.187. The molecule has 0 atom stereocenters. The number of aryl methyl sites for hydroxylation is 1. The largest absolute Gasteiger partial charge is 0.399 e. The zero-order chi connectivity index (χ0) is 16.2. The molecule has 3 rings (SSSR count). The summed E-state index contributed by atoms with van der Waals surface area (Å²) in [5.41, 5.74) is 8.92. The number of pyridine rings is 1. The first kappa shape index (κ1) is 21.1. The molecule has 7 heteroatoms. The predicted molar refractivity (Wildman–Crippen MR) is 108 cm³/mol. The molecule has 1 aliphatic rings. The number of benzene rings is 1. The summed E-state index contributed by atoms with van der Waals surface area (Å²) in [6.45, 7) is 4.05. The van der Waals surface area contributed by atoms with E-state index in [4.69, 9.17) is 5.73 Å². The van der Waals surface area contributed by atoms with Gasteiger partial charge in [0.1, 0.15) is 5.82 Å². The number of hydrogen-bond acceptors (Lipinski definition) is 4. The quantitative estimate of drug-likeness (QED) is 0.785. The number of carbonyl (C=O) groups excluding carboxylic acids is 1. The van der Waals surface area contributed by atoms with Gasteiger partial charge in [0.05, 0.1) is 11.9 Å². The monoisotopic (exact) mass is 382 g/mol. The van der Waals surface area contributed by atoms with Crippen LogP contribution in [-0.4, -0.2) is 24.0 Å². The number of anilines is 3. The molecule has 0 saturated carbocycles. The summed E-state index contributed by atoms with van der Waals surface area (Å²) >= 11 is 0. The van der Waals surface area contributed by atoms with Gasteiger partial charge in [-0.1, -0.05) is 6.07 Å². The Kier molecular flexibility index (Phi) is 8.00. The number of nitrogens with two attached hydrogens (primary N) is 1. The summed E-state index contributed by atoms with van der Waals surface area (Å²) in [6, 6.07) is 9.19. The van der Waals surface area contributed by atoms with Crippen LogP contribution in [0.2, 0.25) is 0 Å². The van der Waals surface area contributed by atoms with Crippen molar-refractivity contribution in [1.29, 1.82) is 0 Å². The molecule has 1 aromatic heterocycles. The van der Waals surface area contributed by atoms with Crippen molar-refractivity contribution in [3.63, 3.8) is 0 Å². The molecule has 2 aromatic rings. The first-order valence-electron chi connectivity index (χ1n) is 8.02. The Bertz CT molecular complexity index is 701. The van der Waals surface area contributed by atoms with Gasteiger partial charge in [-0.3, -0.25) is 4.79 Å². The van der Waals surface area contributed by atoms with Gasteiger partial charge in [0.15, 0.2) is 0 Å². The minimum Gasteiger partial charge on any atom is -0.399 e. The highest BCUT2D eigenvalue weighted by atomic mass is 35.5. The third-order valence-corrected chi connectivity index (χ3v) is 4.22. The molecule has 0 aliphatic carbocycles. The number of aromatic nitrogens is 1. The van der Waals surface area contributed by atoms with E-state index in [0.717, 1.165) is 24.3 Å². The molecule has 5 nitrogen and oxygen atoms in total. The lowest BCUT2D eigenvalue weighted by Crippen LogP contribution is -2.29. The summed E-state index contributed by atoms with van der Waals surface area (Å²) < 4.78 is 0. The van der Waals surface area contributed by atoms with E-state index in [2.05, 4.69) is 15.2 Å². The van der Waals surface area contributed by atoms with Gasteiger partial charge in [0.2, 0.25) is 0 Å². The Morgan fingerprint density at radius 3 is 2.48 bits per heavy atom. The number of halogens is 2. The van der Waals surface area contributed by atoms with Gasteiger partial charge in [-0.05, 0) is 56.0 Å². The van der Waals surface area contributed by atoms with Crippen molar-refractivity contribution >= 4 is 47.9 Å². The maximum Gasteiger partial charge on any atom is 0.257 e. The molecule has 0 radical (unpaired) electrons. The average molecular weight is 383 g/mol. The zero-order valence-electron chi connectivity index (χ0n) is 14.2. The Hall–Kier alpha value is -1.98. The van der Waals surface area contributed by atoms with Crippen LogP contribution in [0.5, 0.6) is 0 Å². The van der Waals surface area contributed by atoms with Crippen molar-refractivity contribution in [3.05, 3.63) is 47.7 Å². The van der Waals surface area contributed by atoms with Gasteiger partial charge in [-0.15, -0.1) is 24.8 Å². The van der Waals surface area contributed by atoms with Crippen LogP contribution in [0.3, 0.4) is 0 Å². The fraction of sp³-hybridized carbons (Fsp3) is 0.333. The van der Waals surface area contributed by atoms with Gasteiger partial charge in [-0.2, -0.15) is 0 Å². The van der Waals surface area contributed by atoms with E-state index < -0.39 is 0 Å². The lowest BCUT2D eigenvalue weighted by molar-refractivity contribution is 0.102. The van der Waals surface area contributed by atoms with Crippen LogP contribution < -0.4 is 16.0 Å². The van der Waals surface area contributed by atoms with E-state index in [1.807, 2.05) is 31.3 Å². The molecule has 1 saturated heterocycles. The first-order valence-corrected chi connectivity index (χ1v) is 8.02. The minimum absolute atomic E-state index is 0. The first-order chi connectivity index (χ1) is 11.1. The molecule has 0 spiro atoms. The highest BCUT2D eigenvalue weighted by Crippen LogP contribution is 2.20. The smallest absolute Gasteiger partial charge is 0.257 e. The van der Waals surface area contributed by atoms with E-state index in [0.29, 0.717) is 17.1 Å². The van der Waals surface area contributed by atoms with Crippen LogP contribution in [0.1, 0.15) is 35.2 Å². The number of amides is 1. The third kappa shape index (κ3) is 5.25. The van der Waals surface area contributed by atoms with E-state index in [1.54, 1.807) is 12.1 Å².